The van der Waals surface area contributed by atoms with Crippen LogP contribution in [0.15, 0.2) is 28.8 Å². The first-order valence-electron chi connectivity index (χ1n) is 7.61. The van der Waals surface area contributed by atoms with Crippen LogP contribution in [-0.4, -0.2) is 29.1 Å². The highest BCUT2D eigenvalue weighted by Gasteiger charge is 2.21. The fraction of sp³-hybridized carbons (Fsp3) is 0.412. The second-order valence-electron chi connectivity index (χ2n) is 6.37. The summed E-state index contributed by atoms with van der Waals surface area (Å²) in [6.07, 6.45) is 0.130. The zero-order valence-electron chi connectivity index (χ0n) is 14.3. The predicted octanol–water partition coefficient (Wildman–Crippen LogP) is 2.93. The zero-order chi connectivity index (χ0) is 17.7. The first-order chi connectivity index (χ1) is 11.3. The number of hydrogen-bond donors (Lipinski definition) is 1. The molecule has 2 rings (SSSR count). The van der Waals surface area contributed by atoms with E-state index in [0.717, 1.165) is 5.56 Å². The monoisotopic (exact) mass is 331 g/mol. The Kier molecular flexibility index (Phi) is 5.33. The normalized spacial score (nSPS) is 11.2. The van der Waals surface area contributed by atoms with Crippen LogP contribution in [0.4, 0.5) is 5.69 Å². The highest BCUT2D eigenvalue weighted by molar-refractivity contribution is 5.92. The van der Waals surface area contributed by atoms with Gasteiger partial charge in [0.15, 0.2) is 5.82 Å². The Morgan fingerprint density at radius 1 is 1.17 bits per heavy atom. The molecule has 2 aromatic rings. The van der Waals surface area contributed by atoms with E-state index >= 15 is 0 Å². The van der Waals surface area contributed by atoms with E-state index in [9.17, 15) is 9.59 Å². The van der Waals surface area contributed by atoms with Gasteiger partial charge in [-0.3, -0.25) is 9.59 Å². The van der Waals surface area contributed by atoms with Gasteiger partial charge < -0.3 is 14.6 Å². The lowest BCUT2D eigenvalue weighted by Crippen LogP contribution is -2.13. The second kappa shape index (κ2) is 7.25. The van der Waals surface area contributed by atoms with Crippen molar-refractivity contribution in [3.05, 3.63) is 30.1 Å². The Hall–Kier alpha value is -2.70. The lowest BCUT2D eigenvalue weighted by atomic mass is 9.96. The molecule has 0 aliphatic heterocycles. The van der Waals surface area contributed by atoms with E-state index in [0.29, 0.717) is 17.4 Å². The summed E-state index contributed by atoms with van der Waals surface area (Å²) in [5.74, 6) is 0.411. The molecule has 1 aromatic heterocycles. The molecule has 128 valence electrons. The summed E-state index contributed by atoms with van der Waals surface area (Å²) >= 11 is 0. The molecule has 0 radical (unpaired) electrons. The van der Waals surface area contributed by atoms with Crippen molar-refractivity contribution in [3.63, 3.8) is 0 Å². The number of methoxy groups -OCH3 is 1. The molecule has 0 saturated heterocycles. The molecule has 1 N–H and O–H groups in total. The number of amides is 1. The van der Waals surface area contributed by atoms with Gasteiger partial charge >= 0.3 is 5.97 Å². The van der Waals surface area contributed by atoms with Crippen molar-refractivity contribution < 1.29 is 18.8 Å². The molecule has 7 heteroatoms. The molecule has 1 heterocycles. The van der Waals surface area contributed by atoms with Gasteiger partial charge in [-0.2, -0.15) is 4.98 Å². The lowest BCUT2D eigenvalue weighted by Gasteiger charge is -2.10. The van der Waals surface area contributed by atoms with Crippen LogP contribution < -0.4 is 5.32 Å². The van der Waals surface area contributed by atoms with Crippen LogP contribution in [0.2, 0.25) is 0 Å². The van der Waals surface area contributed by atoms with Crippen molar-refractivity contribution in [2.45, 2.75) is 39.0 Å². The van der Waals surface area contributed by atoms with Gasteiger partial charge in [-0.05, 0) is 24.3 Å². The summed E-state index contributed by atoms with van der Waals surface area (Å²) in [7, 11) is 1.29. The Balaban J connectivity index is 1.99. The summed E-state index contributed by atoms with van der Waals surface area (Å²) < 4.78 is 9.77. The molecule has 7 nitrogen and oxygen atoms in total. The van der Waals surface area contributed by atoms with Crippen molar-refractivity contribution in [2.75, 3.05) is 12.4 Å². The molecule has 0 bridgehead atoms. The number of nitrogens with zero attached hydrogens (tertiary/aromatic N) is 2. The number of anilines is 1. The number of ether oxygens (including phenoxy) is 1. The third kappa shape index (κ3) is 4.65. The van der Waals surface area contributed by atoms with Gasteiger partial charge in [-0.1, -0.05) is 25.9 Å². The summed E-state index contributed by atoms with van der Waals surface area (Å²) in [5, 5.41) is 6.70. The van der Waals surface area contributed by atoms with E-state index in [1.165, 1.54) is 7.11 Å². The number of benzene rings is 1. The number of nitrogens with one attached hydrogen (secondary N) is 1. The van der Waals surface area contributed by atoms with Crippen LogP contribution in [0.5, 0.6) is 0 Å². The highest BCUT2D eigenvalue weighted by Crippen LogP contribution is 2.24. The molecular formula is C17H21N3O4. The summed E-state index contributed by atoms with van der Waals surface area (Å²) in [5.41, 5.74) is 1.21. The first-order valence-corrected chi connectivity index (χ1v) is 7.61. The van der Waals surface area contributed by atoms with E-state index < -0.39 is 5.97 Å². The van der Waals surface area contributed by atoms with Crippen LogP contribution >= 0.6 is 0 Å². The Labute approximate surface area is 140 Å². The lowest BCUT2D eigenvalue weighted by molar-refractivity contribution is -0.141. The molecule has 0 atom stereocenters. The molecule has 0 saturated carbocycles. The number of carbonyl (C=O) groups excluding carboxylic acids is 2. The Morgan fingerprint density at radius 2 is 1.83 bits per heavy atom. The smallest absolute Gasteiger partial charge is 0.306 e. The molecule has 0 spiro atoms. The van der Waals surface area contributed by atoms with Gasteiger partial charge in [0.2, 0.25) is 5.91 Å². The maximum atomic E-state index is 11.7. The summed E-state index contributed by atoms with van der Waals surface area (Å²) in [4.78, 5) is 27.1. The first kappa shape index (κ1) is 17.7. The van der Waals surface area contributed by atoms with E-state index in [2.05, 4.69) is 20.2 Å². The topological polar surface area (TPSA) is 94.3 Å². The predicted molar refractivity (Wildman–Crippen MR) is 88.3 cm³/mol. The van der Waals surface area contributed by atoms with Gasteiger partial charge in [0.05, 0.1) is 13.5 Å². The van der Waals surface area contributed by atoms with Crippen molar-refractivity contribution in [1.29, 1.82) is 0 Å². The fourth-order valence-corrected chi connectivity index (χ4v) is 1.88. The third-order valence-electron chi connectivity index (χ3n) is 3.30. The SMILES string of the molecule is COC(=O)CCC(=O)Nc1ccc(-c2nc(C(C)(C)C)no2)cc1. The van der Waals surface area contributed by atoms with Crippen LogP contribution in [-0.2, 0) is 19.7 Å². The molecule has 1 amide bonds. The number of aromatic nitrogens is 2. The quantitative estimate of drug-likeness (QED) is 0.847. The number of rotatable bonds is 5. The number of carbonyl (C=O) groups is 2. The van der Waals surface area contributed by atoms with Gasteiger partial charge in [-0.25, -0.2) is 0 Å². The molecule has 0 fully saturated rings. The molecule has 0 unspecified atom stereocenters. The van der Waals surface area contributed by atoms with Gasteiger partial charge in [0, 0.05) is 23.1 Å². The largest absolute Gasteiger partial charge is 0.469 e. The molecule has 0 aliphatic carbocycles. The number of hydrogen-bond acceptors (Lipinski definition) is 6. The maximum absolute atomic E-state index is 11.7. The van der Waals surface area contributed by atoms with E-state index in [-0.39, 0.29) is 24.2 Å². The maximum Gasteiger partial charge on any atom is 0.306 e. The zero-order valence-corrected chi connectivity index (χ0v) is 14.3. The van der Waals surface area contributed by atoms with Crippen molar-refractivity contribution >= 4 is 17.6 Å². The standard InChI is InChI=1S/C17H21N3O4/c1-17(2,3)16-19-15(24-20-16)11-5-7-12(8-6-11)18-13(21)9-10-14(22)23-4/h5-8H,9-10H2,1-4H3,(H,18,21). The molecule has 24 heavy (non-hydrogen) atoms. The molecule has 1 aromatic carbocycles. The average Bonchev–Trinajstić information content (AvgIpc) is 3.03. The Bertz CT molecular complexity index is 714. The van der Waals surface area contributed by atoms with Crippen molar-refractivity contribution in [3.8, 4) is 11.5 Å². The van der Waals surface area contributed by atoms with Crippen molar-refractivity contribution in [1.82, 2.24) is 10.1 Å². The van der Waals surface area contributed by atoms with E-state index in [1.54, 1.807) is 24.3 Å². The fourth-order valence-electron chi connectivity index (χ4n) is 1.88. The summed E-state index contributed by atoms with van der Waals surface area (Å²) in [6.45, 7) is 6.03. The highest BCUT2D eigenvalue weighted by atomic mass is 16.5. The minimum absolute atomic E-state index is 0.0536. The average molecular weight is 331 g/mol. The van der Waals surface area contributed by atoms with Crippen LogP contribution in [0, 0.1) is 0 Å². The van der Waals surface area contributed by atoms with Crippen LogP contribution in [0.25, 0.3) is 11.5 Å². The second-order valence-corrected chi connectivity index (χ2v) is 6.37. The van der Waals surface area contributed by atoms with Crippen molar-refractivity contribution in [2.24, 2.45) is 0 Å². The van der Waals surface area contributed by atoms with E-state index in [1.807, 2.05) is 20.8 Å². The molecule has 0 aliphatic rings. The summed E-state index contributed by atoms with van der Waals surface area (Å²) in [6, 6.07) is 7.06. The van der Waals surface area contributed by atoms with Gasteiger partial charge in [0.1, 0.15) is 0 Å². The minimum Gasteiger partial charge on any atom is -0.469 e. The van der Waals surface area contributed by atoms with Crippen LogP contribution in [0.3, 0.4) is 0 Å². The number of esters is 1. The molecular weight excluding hydrogens is 310 g/mol. The van der Waals surface area contributed by atoms with Crippen LogP contribution in [0.1, 0.15) is 39.4 Å². The minimum atomic E-state index is -0.411. The third-order valence-corrected chi connectivity index (χ3v) is 3.30. The Morgan fingerprint density at radius 3 is 2.38 bits per heavy atom. The van der Waals surface area contributed by atoms with Gasteiger partial charge in [-0.15, -0.1) is 0 Å². The van der Waals surface area contributed by atoms with Gasteiger partial charge in [0.25, 0.3) is 5.89 Å². The van der Waals surface area contributed by atoms with E-state index in [4.69, 9.17) is 4.52 Å².